The van der Waals surface area contributed by atoms with E-state index in [2.05, 4.69) is 62.5 Å². The Morgan fingerprint density at radius 3 is 2.56 bits per heavy atom. The number of carbonyl (C=O) groups is 1. The second kappa shape index (κ2) is 10.7. The van der Waals surface area contributed by atoms with Gasteiger partial charge in [-0.1, -0.05) is 48.5 Å². The third-order valence-corrected chi connectivity index (χ3v) is 7.75. The topological polar surface area (TPSA) is 110 Å². The van der Waals surface area contributed by atoms with Gasteiger partial charge in [-0.2, -0.15) is 0 Å². The van der Waals surface area contributed by atoms with Gasteiger partial charge in [0.2, 0.25) is 0 Å². The van der Waals surface area contributed by atoms with Gasteiger partial charge >= 0.3 is 6.03 Å². The van der Waals surface area contributed by atoms with E-state index in [0.717, 1.165) is 70.4 Å². The molecule has 8 nitrogen and oxygen atoms in total. The number of nitrogens with two attached hydrogens (primary N) is 1. The molecule has 1 saturated carbocycles. The van der Waals surface area contributed by atoms with Crippen molar-refractivity contribution in [1.29, 1.82) is 0 Å². The molecule has 3 aromatic heterocycles. The van der Waals surface area contributed by atoms with Crippen molar-refractivity contribution in [1.82, 2.24) is 30.0 Å². The van der Waals surface area contributed by atoms with Crippen LogP contribution in [0.3, 0.4) is 0 Å². The van der Waals surface area contributed by atoms with Crippen LogP contribution in [0.2, 0.25) is 0 Å². The molecule has 1 aliphatic rings. The summed E-state index contributed by atoms with van der Waals surface area (Å²) in [5.41, 5.74) is 12.0. The van der Waals surface area contributed by atoms with Crippen molar-refractivity contribution >= 4 is 28.3 Å². The molecule has 0 unspecified atom stereocenters. The SMILES string of the molecule is CCNC(=O)NC[C@H]1CC[C@@H](c2nc(-c3ccc4ccc(-c5ccccc5)nc4c3)c3c(N)nccn32)CC1. The Labute approximate surface area is 227 Å². The maximum absolute atomic E-state index is 11.8. The summed E-state index contributed by atoms with van der Waals surface area (Å²) < 4.78 is 2.12. The number of nitrogen functional groups attached to an aromatic ring is 1. The van der Waals surface area contributed by atoms with E-state index >= 15 is 0 Å². The standard InChI is InChI=1S/C31H33N7O/c1-2-33-31(39)35-19-20-8-10-23(11-9-20)30-37-27(28-29(32)34-16-17-38(28)30)24-13-12-22-14-15-25(36-26(22)18-24)21-6-4-3-5-7-21/h3-7,12-18,20,23H,2,8-11,19H2,1H3,(H2,32,34)(H2,33,35,39)/t20-,23+. The fraction of sp³-hybridized carbons (Fsp3) is 0.290. The molecule has 4 N–H and O–H groups in total. The van der Waals surface area contributed by atoms with Gasteiger partial charge in [0.1, 0.15) is 22.9 Å². The molecule has 1 fully saturated rings. The van der Waals surface area contributed by atoms with Crippen LogP contribution in [0.1, 0.15) is 44.3 Å². The van der Waals surface area contributed by atoms with Gasteiger partial charge in [-0.05, 0) is 50.7 Å². The van der Waals surface area contributed by atoms with Crippen molar-refractivity contribution in [2.75, 3.05) is 18.8 Å². The number of anilines is 1. The highest BCUT2D eigenvalue weighted by atomic mass is 16.2. The quantitative estimate of drug-likeness (QED) is 0.263. The van der Waals surface area contributed by atoms with Crippen molar-refractivity contribution in [3.05, 3.63) is 78.9 Å². The molecule has 0 spiro atoms. The number of nitrogens with zero attached hydrogens (tertiary/aromatic N) is 4. The molecule has 0 bridgehead atoms. The summed E-state index contributed by atoms with van der Waals surface area (Å²) in [6.45, 7) is 3.26. The molecular formula is C31H33N7O. The zero-order valence-corrected chi connectivity index (χ0v) is 22.1. The average molecular weight is 520 g/mol. The summed E-state index contributed by atoms with van der Waals surface area (Å²) >= 11 is 0. The minimum atomic E-state index is -0.0905. The minimum Gasteiger partial charge on any atom is -0.382 e. The smallest absolute Gasteiger partial charge is 0.314 e. The Balaban J connectivity index is 1.31. The molecule has 0 saturated heterocycles. The van der Waals surface area contributed by atoms with Crippen molar-refractivity contribution in [3.63, 3.8) is 0 Å². The molecule has 0 aliphatic heterocycles. The molecule has 39 heavy (non-hydrogen) atoms. The van der Waals surface area contributed by atoms with E-state index in [1.165, 1.54) is 0 Å². The van der Waals surface area contributed by atoms with Crippen LogP contribution >= 0.6 is 0 Å². The van der Waals surface area contributed by atoms with Crippen molar-refractivity contribution in [2.24, 2.45) is 5.92 Å². The Morgan fingerprint density at radius 1 is 0.974 bits per heavy atom. The second-order valence-corrected chi connectivity index (χ2v) is 10.3. The summed E-state index contributed by atoms with van der Waals surface area (Å²) in [4.78, 5) is 26.3. The van der Waals surface area contributed by atoms with Gasteiger partial charge in [-0.3, -0.25) is 4.40 Å². The number of rotatable bonds is 6. The van der Waals surface area contributed by atoms with Crippen LogP contribution in [-0.2, 0) is 0 Å². The van der Waals surface area contributed by atoms with Crippen LogP contribution in [0.15, 0.2) is 73.1 Å². The Kier molecular flexibility index (Phi) is 6.84. The van der Waals surface area contributed by atoms with Crippen molar-refractivity contribution < 1.29 is 4.79 Å². The molecule has 8 heteroatoms. The van der Waals surface area contributed by atoms with Crippen LogP contribution in [0.4, 0.5) is 10.6 Å². The molecule has 1 aliphatic carbocycles. The zero-order valence-electron chi connectivity index (χ0n) is 22.1. The van der Waals surface area contributed by atoms with Gasteiger partial charge in [0, 0.05) is 47.9 Å². The lowest BCUT2D eigenvalue weighted by Crippen LogP contribution is -2.38. The zero-order chi connectivity index (χ0) is 26.8. The number of pyridine rings is 1. The van der Waals surface area contributed by atoms with Crippen LogP contribution in [0.25, 0.3) is 38.9 Å². The predicted molar refractivity (Wildman–Crippen MR) is 155 cm³/mol. The lowest BCUT2D eigenvalue weighted by molar-refractivity contribution is 0.235. The monoisotopic (exact) mass is 519 g/mol. The number of nitrogens with one attached hydrogen (secondary N) is 2. The van der Waals surface area contributed by atoms with Crippen LogP contribution in [-0.4, -0.2) is 38.5 Å². The number of imidazole rings is 1. The maximum Gasteiger partial charge on any atom is 0.314 e. The predicted octanol–water partition coefficient (Wildman–Crippen LogP) is 5.79. The molecule has 6 rings (SSSR count). The summed E-state index contributed by atoms with van der Waals surface area (Å²) in [7, 11) is 0. The van der Waals surface area contributed by atoms with E-state index in [-0.39, 0.29) is 6.03 Å². The normalized spacial score (nSPS) is 17.4. The average Bonchev–Trinajstić information content (AvgIpc) is 3.37. The Bertz CT molecular complexity index is 1620. The molecule has 2 aromatic carbocycles. The largest absolute Gasteiger partial charge is 0.382 e. The maximum atomic E-state index is 11.8. The summed E-state index contributed by atoms with van der Waals surface area (Å²) in [5, 5.41) is 6.87. The third-order valence-electron chi connectivity index (χ3n) is 7.75. The molecule has 0 atom stereocenters. The molecule has 198 valence electrons. The highest BCUT2D eigenvalue weighted by Gasteiger charge is 2.28. The van der Waals surface area contributed by atoms with Gasteiger partial charge in [0.05, 0.1) is 11.2 Å². The van der Waals surface area contributed by atoms with Gasteiger partial charge < -0.3 is 16.4 Å². The molecule has 5 aromatic rings. The number of carbonyl (C=O) groups excluding carboxylic acids is 1. The summed E-state index contributed by atoms with van der Waals surface area (Å²) in [6, 6.07) is 20.6. The number of benzene rings is 2. The van der Waals surface area contributed by atoms with Gasteiger partial charge in [-0.25, -0.2) is 19.7 Å². The number of hydrogen-bond acceptors (Lipinski definition) is 5. The first-order valence-electron chi connectivity index (χ1n) is 13.7. The van der Waals surface area contributed by atoms with Crippen LogP contribution in [0.5, 0.6) is 0 Å². The van der Waals surface area contributed by atoms with E-state index in [9.17, 15) is 4.79 Å². The first-order chi connectivity index (χ1) is 19.1. The first-order valence-corrected chi connectivity index (χ1v) is 13.7. The fourth-order valence-corrected chi connectivity index (χ4v) is 5.70. The van der Waals surface area contributed by atoms with Crippen LogP contribution < -0.4 is 16.4 Å². The number of fused-ring (bicyclic) bond motifs is 2. The Morgan fingerprint density at radius 2 is 1.77 bits per heavy atom. The van der Waals surface area contributed by atoms with E-state index < -0.39 is 0 Å². The minimum absolute atomic E-state index is 0.0905. The van der Waals surface area contributed by atoms with Gasteiger partial charge in [-0.15, -0.1) is 0 Å². The van der Waals surface area contributed by atoms with Crippen LogP contribution in [0, 0.1) is 5.92 Å². The first kappa shape index (κ1) is 24.9. The highest BCUT2D eigenvalue weighted by Crippen LogP contribution is 2.39. The lowest BCUT2D eigenvalue weighted by atomic mass is 9.81. The summed E-state index contributed by atoms with van der Waals surface area (Å²) in [6.07, 6.45) is 7.83. The number of urea groups is 1. The van der Waals surface area contributed by atoms with Crippen molar-refractivity contribution in [2.45, 2.75) is 38.5 Å². The third kappa shape index (κ3) is 5.02. The second-order valence-electron chi connectivity index (χ2n) is 10.3. The van der Waals surface area contributed by atoms with E-state index in [4.69, 9.17) is 15.7 Å². The molecular weight excluding hydrogens is 486 g/mol. The van der Waals surface area contributed by atoms with E-state index in [1.807, 2.05) is 31.3 Å². The lowest BCUT2D eigenvalue weighted by Gasteiger charge is -2.28. The fourth-order valence-electron chi connectivity index (χ4n) is 5.70. The number of amides is 2. The van der Waals surface area contributed by atoms with Gasteiger partial charge in [0.15, 0.2) is 0 Å². The Hall–Kier alpha value is -4.46. The van der Waals surface area contributed by atoms with E-state index in [1.54, 1.807) is 6.20 Å². The van der Waals surface area contributed by atoms with E-state index in [0.29, 0.717) is 30.7 Å². The molecule has 3 heterocycles. The molecule has 2 amide bonds. The number of aromatic nitrogens is 4. The van der Waals surface area contributed by atoms with Crippen molar-refractivity contribution in [3.8, 4) is 22.5 Å². The van der Waals surface area contributed by atoms with Gasteiger partial charge in [0.25, 0.3) is 0 Å². The summed E-state index contributed by atoms with van der Waals surface area (Å²) in [5.74, 6) is 2.29. The molecule has 0 radical (unpaired) electrons. The highest BCUT2D eigenvalue weighted by molar-refractivity contribution is 5.91. The number of hydrogen-bond donors (Lipinski definition) is 3.